The summed E-state index contributed by atoms with van der Waals surface area (Å²) < 4.78 is 0. The number of allylic oxidation sites excluding steroid dienone is 1. The lowest BCUT2D eigenvalue weighted by molar-refractivity contribution is 0.0578. The minimum atomic E-state index is 0.177. The van der Waals surface area contributed by atoms with E-state index in [0.717, 1.165) is 31.2 Å². The molecule has 0 spiro atoms. The van der Waals surface area contributed by atoms with E-state index in [0.29, 0.717) is 5.92 Å². The lowest BCUT2D eigenvalue weighted by atomic mass is 9.64. The second-order valence-corrected chi connectivity index (χ2v) is 6.39. The highest BCUT2D eigenvalue weighted by atomic mass is 15.0. The average molecular weight is 259 g/mol. The van der Waals surface area contributed by atoms with E-state index in [1.807, 2.05) is 0 Å². The number of piperidine rings is 1. The van der Waals surface area contributed by atoms with Crippen LogP contribution >= 0.6 is 0 Å². The quantitative estimate of drug-likeness (QED) is 0.686. The summed E-state index contributed by atoms with van der Waals surface area (Å²) in [6.45, 7) is 11.9. The van der Waals surface area contributed by atoms with Crippen molar-refractivity contribution in [1.82, 2.24) is 5.32 Å². The average Bonchev–Trinajstić information content (AvgIpc) is 2.40. The van der Waals surface area contributed by atoms with Gasteiger partial charge in [-0.1, -0.05) is 31.1 Å². The first-order chi connectivity index (χ1) is 9.25. The second-order valence-electron chi connectivity index (χ2n) is 6.39. The summed E-state index contributed by atoms with van der Waals surface area (Å²) in [6.07, 6.45) is 16.4. The minimum absolute atomic E-state index is 0.177. The zero-order valence-electron chi connectivity index (χ0n) is 12.2. The molecule has 2 aliphatic rings. The molecule has 2 rings (SSSR count). The van der Waals surface area contributed by atoms with Crippen LogP contribution in [0.2, 0.25) is 0 Å². The molecule has 3 unspecified atom stereocenters. The van der Waals surface area contributed by atoms with Crippen LogP contribution in [0.4, 0.5) is 0 Å². The molecule has 1 saturated carbocycles. The summed E-state index contributed by atoms with van der Waals surface area (Å²) in [7, 11) is 0. The first-order valence-electron chi connectivity index (χ1n) is 7.86. The Morgan fingerprint density at radius 3 is 2.32 bits per heavy atom. The van der Waals surface area contributed by atoms with Crippen LogP contribution in [0.15, 0.2) is 38.0 Å². The lowest BCUT2D eigenvalue weighted by Gasteiger charge is -2.52. The molecule has 0 aromatic heterocycles. The molecule has 3 atom stereocenters. The van der Waals surface area contributed by atoms with E-state index in [1.165, 1.54) is 32.1 Å². The molecular formula is C18H29N. The number of nitrogens with one attached hydrogen (secondary N) is 1. The summed E-state index contributed by atoms with van der Waals surface area (Å²) in [5.41, 5.74) is 0.177. The van der Waals surface area contributed by atoms with Gasteiger partial charge in [0.1, 0.15) is 0 Å². The zero-order chi connectivity index (χ0) is 13.7. The summed E-state index contributed by atoms with van der Waals surface area (Å²) in [5.74, 6) is 1.56. The van der Waals surface area contributed by atoms with Crippen LogP contribution in [0.3, 0.4) is 0 Å². The number of hydrogen-bond acceptors (Lipinski definition) is 1. The van der Waals surface area contributed by atoms with Gasteiger partial charge in [0.2, 0.25) is 0 Å². The third kappa shape index (κ3) is 3.02. The van der Waals surface area contributed by atoms with Crippen molar-refractivity contribution in [2.75, 3.05) is 0 Å². The molecule has 0 bridgehead atoms. The van der Waals surface area contributed by atoms with E-state index in [1.54, 1.807) is 0 Å². The van der Waals surface area contributed by atoms with Gasteiger partial charge < -0.3 is 5.32 Å². The molecule has 1 nitrogen and oxygen atoms in total. The van der Waals surface area contributed by atoms with Gasteiger partial charge in [-0.05, 0) is 50.4 Å². The van der Waals surface area contributed by atoms with Crippen LogP contribution in [0.5, 0.6) is 0 Å². The number of hydrogen-bond donors (Lipinski definition) is 1. The molecule has 1 heterocycles. The van der Waals surface area contributed by atoms with Gasteiger partial charge in [0.15, 0.2) is 0 Å². The van der Waals surface area contributed by atoms with Crippen LogP contribution in [-0.4, -0.2) is 11.6 Å². The molecule has 1 aliphatic carbocycles. The van der Waals surface area contributed by atoms with Crippen molar-refractivity contribution >= 4 is 0 Å². The summed E-state index contributed by atoms with van der Waals surface area (Å²) in [4.78, 5) is 0. The Hall–Kier alpha value is -0.820. The van der Waals surface area contributed by atoms with Gasteiger partial charge in [-0.25, -0.2) is 0 Å². The normalized spacial score (nSPS) is 33.2. The van der Waals surface area contributed by atoms with Gasteiger partial charge in [0.25, 0.3) is 0 Å². The second kappa shape index (κ2) is 6.56. The van der Waals surface area contributed by atoms with Gasteiger partial charge in [0.05, 0.1) is 0 Å². The predicted octanol–water partition coefficient (Wildman–Crippen LogP) is 4.62. The molecule has 1 aliphatic heterocycles. The Bertz CT molecular complexity index is 321. The topological polar surface area (TPSA) is 12.0 Å². The van der Waals surface area contributed by atoms with Crippen molar-refractivity contribution in [3.05, 3.63) is 38.0 Å². The monoisotopic (exact) mass is 259 g/mol. The summed E-state index contributed by atoms with van der Waals surface area (Å²) in [5, 5.41) is 4.02. The van der Waals surface area contributed by atoms with Crippen molar-refractivity contribution in [3.8, 4) is 0 Å². The summed E-state index contributed by atoms with van der Waals surface area (Å²) >= 11 is 0. The molecule has 0 amide bonds. The van der Waals surface area contributed by atoms with Crippen molar-refractivity contribution in [1.29, 1.82) is 0 Å². The predicted molar refractivity (Wildman–Crippen MR) is 84.2 cm³/mol. The maximum Gasteiger partial charge on any atom is 0.0283 e. The van der Waals surface area contributed by atoms with E-state index >= 15 is 0 Å². The molecule has 1 heteroatoms. The molecule has 106 valence electrons. The van der Waals surface area contributed by atoms with E-state index in [9.17, 15) is 0 Å². The third-order valence-electron chi connectivity index (χ3n) is 5.22. The van der Waals surface area contributed by atoms with Gasteiger partial charge in [-0.2, -0.15) is 0 Å². The van der Waals surface area contributed by atoms with Gasteiger partial charge in [0, 0.05) is 11.6 Å². The van der Waals surface area contributed by atoms with Crippen LogP contribution in [-0.2, 0) is 0 Å². The molecule has 1 saturated heterocycles. The first kappa shape index (κ1) is 14.6. The molecule has 1 N–H and O–H groups in total. The Morgan fingerprint density at radius 2 is 1.68 bits per heavy atom. The Morgan fingerprint density at radius 1 is 1.00 bits per heavy atom. The standard InChI is InChI=1S/C18H29N/c1-4-9-16-14-15-10-7-8-11-17(15)19-18(16,12-5-2)13-6-3/h4-6,15-17,19H,1-3,7-14H2. The Kier molecular flexibility index (Phi) is 5.04. The number of fused-ring (bicyclic) bond motifs is 1. The lowest BCUT2D eigenvalue weighted by Crippen LogP contribution is -2.62. The van der Waals surface area contributed by atoms with Gasteiger partial charge >= 0.3 is 0 Å². The molecule has 2 fully saturated rings. The molecule has 0 aromatic rings. The van der Waals surface area contributed by atoms with E-state index in [-0.39, 0.29) is 5.54 Å². The van der Waals surface area contributed by atoms with Crippen LogP contribution in [0.1, 0.15) is 51.4 Å². The van der Waals surface area contributed by atoms with Gasteiger partial charge in [-0.3, -0.25) is 0 Å². The molecule has 0 radical (unpaired) electrons. The van der Waals surface area contributed by atoms with Crippen molar-refractivity contribution in [2.24, 2.45) is 11.8 Å². The van der Waals surface area contributed by atoms with Crippen molar-refractivity contribution < 1.29 is 0 Å². The number of rotatable bonds is 6. The molecule has 0 aromatic carbocycles. The Balaban J connectivity index is 2.21. The SMILES string of the molecule is C=CCC1CC2CCCCC2NC1(CC=C)CC=C. The highest BCUT2D eigenvalue weighted by Gasteiger charge is 2.45. The van der Waals surface area contributed by atoms with Crippen molar-refractivity contribution in [3.63, 3.8) is 0 Å². The van der Waals surface area contributed by atoms with Crippen LogP contribution in [0, 0.1) is 11.8 Å². The first-order valence-corrected chi connectivity index (χ1v) is 7.86. The summed E-state index contributed by atoms with van der Waals surface area (Å²) in [6, 6.07) is 0.717. The molecule has 19 heavy (non-hydrogen) atoms. The molecular weight excluding hydrogens is 230 g/mol. The van der Waals surface area contributed by atoms with E-state index in [2.05, 4.69) is 43.3 Å². The fourth-order valence-corrected chi connectivity index (χ4v) is 4.33. The van der Waals surface area contributed by atoms with Gasteiger partial charge in [-0.15, -0.1) is 19.7 Å². The van der Waals surface area contributed by atoms with E-state index in [4.69, 9.17) is 0 Å². The maximum atomic E-state index is 4.02. The highest BCUT2D eigenvalue weighted by molar-refractivity contribution is 5.09. The smallest absolute Gasteiger partial charge is 0.0283 e. The van der Waals surface area contributed by atoms with Crippen LogP contribution in [0.25, 0.3) is 0 Å². The maximum absolute atomic E-state index is 4.02. The van der Waals surface area contributed by atoms with Crippen molar-refractivity contribution in [2.45, 2.75) is 62.9 Å². The fourth-order valence-electron chi connectivity index (χ4n) is 4.33. The van der Waals surface area contributed by atoms with Crippen LogP contribution < -0.4 is 5.32 Å². The largest absolute Gasteiger partial charge is 0.307 e. The minimum Gasteiger partial charge on any atom is -0.307 e. The zero-order valence-corrected chi connectivity index (χ0v) is 12.2. The van der Waals surface area contributed by atoms with E-state index < -0.39 is 0 Å². The third-order valence-corrected chi connectivity index (χ3v) is 5.22. The Labute approximate surface area is 118 Å². The highest BCUT2D eigenvalue weighted by Crippen LogP contribution is 2.44. The fraction of sp³-hybridized carbons (Fsp3) is 0.667.